The van der Waals surface area contributed by atoms with Crippen molar-refractivity contribution in [1.29, 1.82) is 0 Å². The first-order chi connectivity index (χ1) is 14.5. The number of hydrogen-bond donors (Lipinski definition) is 1. The highest BCUT2D eigenvalue weighted by atomic mass is 35.5. The van der Waals surface area contributed by atoms with Gasteiger partial charge < -0.3 is 19.9 Å². The highest BCUT2D eigenvalue weighted by Gasteiger charge is 2.24. The van der Waals surface area contributed by atoms with Crippen LogP contribution < -0.4 is 10.1 Å². The first-order valence-electron chi connectivity index (χ1n) is 10.1. The lowest BCUT2D eigenvalue weighted by Gasteiger charge is -2.36. The molecule has 1 aromatic rings. The van der Waals surface area contributed by atoms with Crippen molar-refractivity contribution in [1.82, 2.24) is 20.0 Å². The van der Waals surface area contributed by atoms with E-state index in [9.17, 15) is 13.6 Å². The number of nitrogens with zero attached hydrogens (tertiary/aromatic N) is 4. The Morgan fingerprint density at radius 2 is 1.87 bits per heavy atom. The van der Waals surface area contributed by atoms with E-state index in [1.54, 1.807) is 13.1 Å². The van der Waals surface area contributed by atoms with Gasteiger partial charge in [0.2, 0.25) is 5.91 Å². The number of aliphatic imine (C=N–C) groups is 1. The van der Waals surface area contributed by atoms with Gasteiger partial charge in [0, 0.05) is 63.4 Å². The van der Waals surface area contributed by atoms with E-state index >= 15 is 0 Å². The molecule has 0 saturated carbocycles. The van der Waals surface area contributed by atoms with Gasteiger partial charge in [0.15, 0.2) is 5.96 Å². The first kappa shape index (κ1) is 22.6. The second kappa shape index (κ2) is 10.8. The number of likely N-dealkylation sites (tertiary alicyclic amines) is 1. The minimum Gasteiger partial charge on any atom is -0.434 e. The summed E-state index contributed by atoms with van der Waals surface area (Å²) in [6, 6.07) is 4.55. The van der Waals surface area contributed by atoms with Crippen LogP contribution in [0.3, 0.4) is 0 Å². The number of carbonyl (C=O) groups excluding carboxylic acids is 1. The number of amides is 1. The molecule has 0 aromatic heterocycles. The second-order valence-electron chi connectivity index (χ2n) is 7.38. The number of halogens is 3. The number of ether oxygens (including phenoxy) is 1. The largest absolute Gasteiger partial charge is 0.434 e. The second-order valence-corrected chi connectivity index (χ2v) is 7.82. The molecule has 2 fully saturated rings. The Balaban J connectivity index is 1.50. The number of alkyl halides is 2. The molecule has 3 rings (SSSR count). The Labute approximate surface area is 180 Å². The van der Waals surface area contributed by atoms with Gasteiger partial charge in [-0.05, 0) is 31.0 Å². The van der Waals surface area contributed by atoms with Gasteiger partial charge in [-0.15, -0.1) is 0 Å². The highest BCUT2D eigenvalue weighted by Crippen LogP contribution is 2.24. The molecule has 2 aliphatic heterocycles. The Morgan fingerprint density at radius 3 is 2.50 bits per heavy atom. The quantitative estimate of drug-likeness (QED) is 0.540. The SMILES string of the molecule is CN=C(NCc1cc(Cl)ccc1OC(F)F)N1CCN(CC(=O)N2CCCC2)CC1. The van der Waals surface area contributed by atoms with E-state index in [-0.39, 0.29) is 18.2 Å². The smallest absolute Gasteiger partial charge is 0.387 e. The summed E-state index contributed by atoms with van der Waals surface area (Å²) in [5.41, 5.74) is 0.527. The monoisotopic (exact) mass is 443 g/mol. The topological polar surface area (TPSA) is 60.4 Å². The van der Waals surface area contributed by atoms with Crippen LogP contribution >= 0.6 is 11.6 Å². The number of hydrogen-bond acceptors (Lipinski definition) is 4. The molecule has 0 unspecified atom stereocenters. The molecular formula is C20H28ClF2N5O2. The van der Waals surface area contributed by atoms with E-state index in [0.717, 1.165) is 52.1 Å². The van der Waals surface area contributed by atoms with Gasteiger partial charge in [-0.3, -0.25) is 14.7 Å². The first-order valence-corrected chi connectivity index (χ1v) is 10.5. The zero-order valence-electron chi connectivity index (χ0n) is 17.1. The fraction of sp³-hybridized carbons (Fsp3) is 0.600. The van der Waals surface area contributed by atoms with Crippen molar-refractivity contribution in [3.05, 3.63) is 28.8 Å². The Kier molecular flexibility index (Phi) is 8.09. The van der Waals surface area contributed by atoms with E-state index in [0.29, 0.717) is 23.1 Å². The lowest BCUT2D eigenvalue weighted by Crippen LogP contribution is -2.54. The predicted octanol–water partition coefficient (Wildman–Crippen LogP) is 2.26. The average molecular weight is 444 g/mol. The Hall–Kier alpha value is -2.13. The summed E-state index contributed by atoms with van der Waals surface area (Å²) < 4.78 is 29.9. The highest BCUT2D eigenvalue weighted by molar-refractivity contribution is 6.30. The van der Waals surface area contributed by atoms with E-state index in [4.69, 9.17) is 11.6 Å². The number of guanidine groups is 1. The summed E-state index contributed by atoms with van der Waals surface area (Å²) >= 11 is 6.01. The van der Waals surface area contributed by atoms with Crippen molar-refractivity contribution in [3.8, 4) is 5.75 Å². The molecule has 0 atom stereocenters. The van der Waals surface area contributed by atoms with Crippen LogP contribution in [-0.4, -0.2) is 86.0 Å². The summed E-state index contributed by atoms with van der Waals surface area (Å²) in [7, 11) is 1.68. The minimum absolute atomic E-state index is 0.0857. The molecule has 0 aliphatic carbocycles. The van der Waals surface area contributed by atoms with Crippen molar-refractivity contribution < 1.29 is 18.3 Å². The van der Waals surface area contributed by atoms with Crippen molar-refractivity contribution >= 4 is 23.5 Å². The van der Waals surface area contributed by atoms with Gasteiger partial charge in [-0.1, -0.05) is 11.6 Å². The van der Waals surface area contributed by atoms with Crippen LogP contribution in [0.2, 0.25) is 5.02 Å². The van der Waals surface area contributed by atoms with E-state index < -0.39 is 6.61 Å². The molecule has 166 valence electrons. The number of benzene rings is 1. The van der Waals surface area contributed by atoms with Gasteiger partial charge in [0.1, 0.15) is 5.75 Å². The van der Waals surface area contributed by atoms with E-state index in [1.807, 2.05) is 4.90 Å². The standard InChI is InChI=1S/C20H28ClF2N5O2/c1-24-20(25-13-15-12-16(21)4-5-17(15)30-19(22)23)28-10-8-26(9-11-28)14-18(29)27-6-2-3-7-27/h4-5,12,19H,2-3,6-11,13-14H2,1H3,(H,24,25). The number of piperazine rings is 1. The summed E-state index contributed by atoms with van der Waals surface area (Å²) in [6.45, 7) is 2.52. The third-order valence-corrected chi connectivity index (χ3v) is 5.61. The molecule has 0 radical (unpaired) electrons. The van der Waals surface area contributed by atoms with E-state index in [1.165, 1.54) is 12.1 Å². The summed E-state index contributed by atoms with van der Waals surface area (Å²) in [6.07, 6.45) is 2.19. The molecular weight excluding hydrogens is 416 g/mol. The van der Waals surface area contributed by atoms with Crippen LogP contribution in [0.1, 0.15) is 18.4 Å². The lowest BCUT2D eigenvalue weighted by atomic mass is 10.2. The maximum absolute atomic E-state index is 12.6. The van der Waals surface area contributed by atoms with Crippen molar-refractivity contribution in [2.24, 2.45) is 4.99 Å². The number of carbonyl (C=O) groups is 1. The Bertz CT molecular complexity index is 751. The zero-order chi connectivity index (χ0) is 21.5. The van der Waals surface area contributed by atoms with Gasteiger partial charge in [-0.25, -0.2) is 0 Å². The van der Waals surface area contributed by atoms with Crippen molar-refractivity contribution in [3.63, 3.8) is 0 Å². The van der Waals surface area contributed by atoms with E-state index in [2.05, 4.69) is 24.8 Å². The molecule has 10 heteroatoms. The molecule has 2 saturated heterocycles. The van der Waals surface area contributed by atoms with Crippen LogP contribution in [0.5, 0.6) is 5.75 Å². The zero-order valence-corrected chi connectivity index (χ0v) is 17.9. The third-order valence-electron chi connectivity index (χ3n) is 5.38. The molecule has 0 spiro atoms. The molecule has 1 N–H and O–H groups in total. The maximum Gasteiger partial charge on any atom is 0.387 e. The van der Waals surface area contributed by atoms with Crippen LogP contribution in [-0.2, 0) is 11.3 Å². The molecule has 0 bridgehead atoms. The lowest BCUT2D eigenvalue weighted by molar-refractivity contribution is -0.131. The maximum atomic E-state index is 12.6. The third kappa shape index (κ3) is 6.18. The molecule has 30 heavy (non-hydrogen) atoms. The summed E-state index contributed by atoms with van der Waals surface area (Å²) in [5, 5.41) is 3.64. The minimum atomic E-state index is -2.90. The van der Waals surface area contributed by atoms with Crippen LogP contribution in [0, 0.1) is 0 Å². The van der Waals surface area contributed by atoms with Gasteiger partial charge >= 0.3 is 6.61 Å². The molecule has 7 nitrogen and oxygen atoms in total. The fourth-order valence-corrected chi connectivity index (χ4v) is 3.97. The predicted molar refractivity (Wildman–Crippen MR) is 112 cm³/mol. The van der Waals surface area contributed by atoms with Crippen molar-refractivity contribution in [2.75, 3.05) is 52.9 Å². The number of rotatable bonds is 6. The average Bonchev–Trinajstić information content (AvgIpc) is 3.26. The number of nitrogens with one attached hydrogen (secondary N) is 1. The normalized spacial score (nSPS) is 18.2. The summed E-state index contributed by atoms with van der Waals surface area (Å²) in [5.74, 6) is 0.960. The fourth-order valence-electron chi connectivity index (χ4n) is 3.78. The molecule has 2 aliphatic rings. The van der Waals surface area contributed by atoms with Crippen molar-refractivity contribution in [2.45, 2.75) is 26.0 Å². The van der Waals surface area contributed by atoms with Crippen LogP contribution in [0.25, 0.3) is 0 Å². The Morgan fingerprint density at radius 1 is 1.17 bits per heavy atom. The van der Waals surface area contributed by atoms with Gasteiger partial charge in [-0.2, -0.15) is 8.78 Å². The van der Waals surface area contributed by atoms with Crippen LogP contribution in [0.4, 0.5) is 8.78 Å². The molecule has 1 amide bonds. The van der Waals surface area contributed by atoms with Gasteiger partial charge in [0.05, 0.1) is 6.54 Å². The molecule has 1 aromatic carbocycles. The van der Waals surface area contributed by atoms with Crippen LogP contribution in [0.15, 0.2) is 23.2 Å². The molecule has 2 heterocycles. The summed E-state index contributed by atoms with van der Waals surface area (Å²) in [4.78, 5) is 22.8. The van der Waals surface area contributed by atoms with Gasteiger partial charge in [0.25, 0.3) is 0 Å².